The summed E-state index contributed by atoms with van der Waals surface area (Å²) in [4.78, 5) is 41.0. The van der Waals surface area contributed by atoms with Crippen LogP contribution in [0.3, 0.4) is 0 Å². The lowest BCUT2D eigenvalue weighted by Gasteiger charge is -2.10. The molecule has 21 heavy (non-hydrogen) atoms. The average molecular weight is 313 g/mol. The van der Waals surface area contributed by atoms with Crippen LogP contribution in [-0.4, -0.2) is 40.7 Å². The van der Waals surface area contributed by atoms with Crippen molar-refractivity contribution in [3.8, 4) is 0 Å². The molecule has 1 heterocycles. The number of carbonyl (C=O) groups excluding carboxylic acids is 2. The Morgan fingerprint density at radius 2 is 2.24 bits per heavy atom. The number of aromatic nitrogens is 2. The van der Waals surface area contributed by atoms with Crippen molar-refractivity contribution >= 4 is 23.6 Å². The number of thioether (sulfide) groups is 1. The summed E-state index contributed by atoms with van der Waals surface area (Å²) in [6.45, 7) is 3.90. The van der Waals surface area contributed by atoms with Crippen molar-refractivity contribution in [1.82, 2.24) is 15.3 Å². The van der Waals surface area contributed by atoms with Crippen LogP contribution in [-0.2, 0) is 20.7 Å². The van der Waals surface area contributed by atoms with Gasteiger partial charge in [-0.25, -0.2) is 4.98 Å². The zero-order valence-corrected chi connectivity index (χ0v) is 13.1. The van der Waals surface area contributed by atoms with Gasteiger partial charge in [-0.15, -0.1) is 0 Å². The van der Waals surface area contributed by atoms with E-state index < -0.39 is 5.97 Å². The van der Waals surface area contributed by atoms with Crippen LogP contribution in [0, 0.1) is 0 Å². The van der Waals surface area contributed by atoms with Crippen LogP contribution in [0.25, 0.3) is 0 Å². The molecule has 0 saturated carbocycles. The highest BCUT2D eigenvalue weighted by Crippen LogP contribution is 2.11. The summed E-state index contributed by atoms with van der Waals surface area (Å²) in [7, 11) is 1.27. The summed E-state index contributed by atoms with van der Waals surface area (Å²) >= 11 is 1.11. The zero-order valence-electron chi connectivity index (χ0n) is 12.3. The Morgan fingerprint density at radius 3 is 2.86 bits per heavy atom. The Bertz CT molecular complexity index is 559. The van der Waals surface area contributed by atoms with Crippen molar-refractivity contribution in [2.75, 3.05) is 12.9 Å². The van der Waals surface area contributed by atoms with Crippen molar-refractivity contribution in [3.63, 3.8) is 0 Å². The first-order valence-corrected chi connectivity index (χ1v) is 7.52. The third kappa shape index (κ3) is 6.44. The van der Waals surface area contributed by atoms with Gasteiger partial charge in [0, 0.05) is 12.1 Å². The van der Waals surface area contributed by atoms with Crippen LogP contribution in [0.2, 0.25) is 0 Å². The van der Waals surface area contributed by atoms with Crippen LogP contribution in [0.15, 0.2) is 16.0 Å². The minimum atomic E-state index is -0.474. The van der Waals surface area contributed by atoms with Gasteiger partial charge in [-0.2, -0.15) is 0 Å². The number of nitrogens with one attached hydrogen (secondary N) is 2. The standard InChI is InChI=1S/C13H19N3O4S/c1-4-8(2)14-11(18)7-21-13-15-9(5-10(17)16-13)6-12(19)20-3/h5,8H,4,6-7H2,1-3H3,(H,14,18)(H,15,16,17)/t8-/m1/s1. The lowest BCUT2D eigenvalue weighted by Crippen LogP contribution is -2.33. The molecule has 0 aromatic carbocycles. The number of nitrogens with zero attached hydrogens (tertiary/aromatic N) is 1. The highest BCUT2D eigenvalue weighted by molar-refractivity contribution is 7.99. The summed E-state index contributed by atoms with van der Waals surface area (Å²) in [5.41, 5.74) is -0.0517. The van der Waals surface area contributed by atoms with Gasteiger partial charge in [-0.05, 0) is 13.3 Å². The van der Waals surface area contributed by atoms with E-state index in [1.807, 2.05) is 13.8 Å². The van der Waals surface area contributed by atoms with Crippen LogP contribution in [0.1, 0.15) is 26.0 Å². The molecule has 0 radical (unpaired) electrons. The summed E-state index contributed by atoms with van der Waals surface area (Å²) in [5, 5.41) is 3.12. The highest BCUT2D eigenvalue weighted by Gasteiger charge is 2.10. The van der Waals surface area contributed by atoms with Crippen molar-refractivity contribution in [1.29, 1.82) is 0 Å². The fraction of sp³-hybridized carbons (Fsp3) is 0.538. The molecule has 8 heteroatoms. The van der Waals surface area contributed by atoms with E-state index in [1.165, 1.54) is 13.2 Å². The molecule has 0 aliphatic heterocycles. The van der Waals surface area contributed by atoms with Gasteiger partial charge >= 0.3 is 5.97 Å². The lowest BCUT2D eigenvalue weighted by molar-refractivity contribution is -0.139. The van der Waals surface area contributed by atoms with Crippen molar-refractivity contribution in [2.45, 2.75) is 37.9 Å². The molecule has 1 aromatic heterocycles. The van der Waals surface area contributed by atoms with Gasteiger partial charge in [-0.1, -0.05) is 18.7 Å². The van der Waals surface area contributed by atoms with Gasteiger partial charge in [0.2, 0.25) is 5.91 Å². The molecule has 0 fully saturated rings. The first-order chi connectivity index (χ1) is 9.94. The molecule has 116 valence electrons. The first kappa shape index (κ1) is 17.2. The molecule has 0 bridgehead atoms. The zero-order chi connectivity index (χ0) is 15.8. The molecular weight excluding hydrogens is 294 g/mol. The molecule has 0 saturated heterocycles. The number of hydrogen-bond donors (Lipinski definition) is 2. The molecule has 1 aromatic rings. The van der Waals surface area contributed by atoms with E-state index in [-0.39, 0.29) is 29.7 Å². The number of carbonyl (C=O) groups is 2. The van der Waals surface area contributed by atoms with Crippen molar-refractivity contribution in [3.05, 3.63) is 22.1 Å². The topological polar surface area (TPSA) is 101 Å². The first-order valence-electron chi connectivity index (χ1n) is 6.53. The molecule has 7 nitrogen and oxygen atoms in total. The van der Waals surface area contributed by atoms with Gasteiger partial charge < -0.3 is 15.0 Å². The second-order valence-electron chi connectivity index (χ2n) is 4.46. The number of rotatable bonds is 7. The SMILES string of the molecule is CC[C@@H](C)NC(=O)CSc1nc(CC(=O)OC)cc(=O)[nH]1. The molecule has 1 atom stereocenters. The number of hydrogen-bond acceptors (Lipinski definition) is 6. The molecule has 0 unspecified atom stereocenters. The van der Waals surface area contributed by atoms with E-state index in [0.29, 0.717) is 10.9 Å². The Morgan fingerprint density at radius 1 is 1.52 bits per heavy atom. The number of amides is 1. The molecule has 1 amide bonds. The van der Waals surface area contributed by atoms with E-state index in [9.17, 15) is 14.4 Å². The van der Waals surface area contributed by atoms with Gasteiger partial charge in [0.25, 0.3) is 5.56 Å². The van der Waals surface area contributed by atoms with E-state index >= 15 is 0 Å². The molecule has 1 rings (SSSR count). The Kier molecular flexibility index (Phi) is 6.93. The number of aromatic amines is 1. The molecular formula is C13H19N3O4S. The maximum atomic E-state index is 11.7. The Labute approximate surface area is 126 Å². The number of H-pyrrole nitrogens is 1. The van der Waals surface area contributed by atoms with E-state index in [2.05, 4.69) is 20.0 Å². The Hall–Kier alpha value is -1.83. The molecule has 0 aliphatic carbocycles. The third-order valence-electron chi connectivity index (χ3n) is 2.69. The average Bonchev–Trinajstić information content (AvgIpc) is 2.44. The summed E-state index contributed by atoms with van der Waals surface area (Å²) in [6.07, 6.45) is 0.771. The highest BCUT2D eigenvalue weighted by atomic mass is 32.2. The van der Waals surface area contributed by atoms with Crippen molar-refractivity contribution in [2.24, 2.45) is 0 Å². The summed E-state index contributed by atoms with van der Waals surface area (Å²) in [5.74, 6) is -0.455. The third-order valence-corrected chi connectivity index (χ3v) is 3.56. The normalized spacial score (nSPS) is 11.8. The summed E-state index contributed by atoms with van der Waals surface area (Å²) in [6, 6.07) is 1.34. The molecule has 0 spiro atoms. The molecule has 2 N–H and O–H groups in total. The van der Waals surface area contributed by atoms with Gasteiger partial charge in [0.05, 0.1) is 25.0 Å². The van der Waals surface area contributed by atoms with E-state index in [4.69, 9.17) is 0 Å². The quantitative estimate of drug-likeness (QED) is 0.432. The predicted molar refractivity (Wildman–Crippen MR) is 79.2 cm³/mol. The fourth-order valence-electron chi connectivity index (χ4n) is 1.41. The fourth-order valence-corrected chi connectivity index (χ4v) is 2.12. The van der Waals surface area contributed by atoms with Gasteiger partial charge in [0.15, 0.2) is 5.16 Å². The van der Waals surface area contributed by atoms with E-state index in [0.717, 1.165) is 18.2 Å². The Balaban J connectivity index is 2.65. The van der Waals surface area contributed by atoms with Crippen LogP contribution >= 0.6 is 11.8 Å². The monoisotopic (exact) mass is 313 g/mol. The van der Waals surface area contributed by atoms with Gasteiger partial charge in [-0.3, -0.25) is 14.4 Å². The van der Waals surface area contributed by atoms with Crippen LogP contribution in [0.5, 0.6) is 0 Å². The maximum Gasteiger partial charge on any atom is 0.311 e. The lowest BCUT2D eigenvalue weighted by atomic mass is 10.3. The minimum absolute atomic E-state index is 0.0763. The van der Waals surface area contributed by atoms with Gasteiger partial charge in [0.1, 0.15) is 0 Å². The number of methoxy groups -OCH3 is 1. The van der Waals surface area contributed by atoms with Crippen molar-refractivity contribution < 1.29 is 14.3 Å². The second-order valence-corrected chi connectivity index (χ2v) is 5.42. The van der Waals surface area contributed by atoms with E-state index in [1.54, 1.807) is 0 Å². The second kappa shape index (κ2) is 8.46. The van der Waals surface area contributed by atoms with Crippen LogP contribution in [0.4, 0.5) is 0 Å². The minimum Gasteiger partial charge on any atom is -0.469 e. The largest absolute Gasteiger partial charge is 0.469 e. The number of ether oxygens (including phenoxy) is 1. The molecule has 0 aliphatic rings. The smallest absolute Gasteiger partial charge is 0.311 e. The summed E-state index contributed by atoms with van der Waals surface area (Å²) < 4.78 is 4.53. The number of esters is 1. The predicted octanol–water partition coefficient (Wildman–Crippen LogP) is 0.492. The maximum absolute atomic E-state index is 11.7. The van der Waals surface area contributed by atoms with Crippen LogP contribution < -0.4 is 10.9 Å².